The summed E-state index contributed by atoms with van der Waals surface area (Å²) < 4.78 is 77.9. The molecule has 4 N–H and O–H groups in total. The Labute approximate surface area is 167 Å². The number of carbonyl (C=O) groups is 1. The van der Waals surface area contributed by atoms with Crippen molar-refractivity contribution in [1.82, 2.24) is 5.32 Å². The van der Waals surface area contributed by atoms with Crippen LogP contribution in [-0.4, -0.2) is 11.0 Å². The summed E-state index contributed by atoms with van der Waals surface area (Å²) in [5.41, 5.74) is 2.78. The Morgan fingerprint density at radius 3 is 1.86 bits per heavy atom. The summed E-state index contributed by atoms with van der Waals surface area (Å²) in [6, 6.07) is 6.22. The van der Waals surface area contributed by atoms with Gasteiger partial charge < -0.3 is 16.4 Å². The third-order valence-corrected chi connectivity index (χ3v) is 4.10. The zero-order chi connectivity index (χ0) is 22.0. The molecule has 0 heterocycles. The molecule has 2 aromatic carbocycles. The molecule has 0 saturated carbocycles. The topological polar surface area (TPSA) is 67.2 Å². The minimum atomic E-state index is -4.93. The monoisotopic (exact) mass is 435 g/mol. The van der Waals surface area contributed by atoms with Crippen LogP contribution in [0, 0.1) is 0 Å². The number of nitrogens with one attached hydrogen (secondary N) is 2. The second kappa shape index (κ2) is 8.27. The molecule has 4 nitrogen and oxygen atoms in total. The lowest BCUT2D eigenvalue weighted by molar-refractivity contribution is -0.143. The van der Waals surface area contributed by atoms with Gasteiger partial charge in [0.2, 0.25) is 5.91 Å². The number of carbonyl (C=O) groups excluding carboxylic acids is 1. The predicted molar refractivity (Wildman–Crippen MR) is 99.2 cm³/mol. The van der Waals surface area contributed by atoms with Crippen LogP contribution in [0.1, 0.15) is 40.0 Å². The molecule has 11 heteroatoms. The van der Waals surface area contributed by atoms with E-state index in [2.05, 4.69) is 10.6 Å². The number of anilines is 1. The first-order chi connectivity index (χ1) is 13.3. The SMILES string of the molecule is C[C@H](NC(=S)Nc1ccc(C(N)=O)cc1)c1cc(C(F)(F)F)cc(C(F)(F)F)c1. The first kappa shape index (κ1) is 22.5. The highest BCUT2D eigenvalue weighted by Crippen LogP contribution is 2.37. The van der Waals surface area contributed by atoms with Crippen LogP contribution in [0.2, 0.25) is 0 Å². The van der Waals surface area contributed by atoms with Gasteiger partial charge in [-0.05, 0) is 67.2 Å². The Morgan fingerprint density at radius 1 is 0.966 bits per heavy atom. The maximum atomic E-state index is 13.0. The van der Waals surface area contributed by atoms with Gasteiger partial charge in [0.15, 0.2) is 5.11 Å². The van der Waals surface area contributed by atoms with Gasteiger partial charge in [0.25, 0.3) is 0 Å². The van der Waals surface area contributed by atoms with Gasteiger partial charge in [0.1, 0.15) is 0 Å². The molecule has 0 aliphatic heterocycles. The summed E-state index contributed by atoms with van der Waals surface area (Å²) in [5.74, 6) is -0.629. The molecule has 0 fully saturated rings. The molecule has 29 heavy (non-hydrogen) atoms. The van der Waals surface area contributed by atoms with Crippen LogP contribution >= 0.6 is 12.2 Å². The molecule has 0 radical (unpaired) electrons. The Morgan fingerprint density at radius 2 is 1.45 bits per heavy atom. The van der Waals surface area contributed by atoms with E-state index < -0.39 is 35.4 Å². The first-order valence-electron chi connectivity index (χ1n) is 8.04. The summed E-state index contributed by atoms with van der Waals surface area (Å²) in [6.45, 7) is 1.37. The van der Waals surface area contributed by atoms with Gasteiger partial charge in [-0.3, -0.25) is 4.79 Å². The van der Waals surface area contributed by atoms with Crippen molar-refractivity contribution in [1.29, 1.82) is 0 Å². The number of alkyl halides is 6. The van der Waals surface area contributed by atoms with Gasteiger partial charge in [-0.1, -0.05) is 0 Å². The first-order valence-corrected chi connectivity index (χ1v) is 8.45. The van der Waals surface area contributed by atoms with E-state index >= 15 is 0 Å². The minimum Gasteiger partial charge on any atom is -0.366 e. The minimum absolute atomic E-state index is 0.0321. The van der Waals surface area contributed by atoms with Gasteiger partial charge in [-0.15, -0.1) is 0 Å². The van der Waals surface area contributed by atoms with E-state index in [1.54, 1.807) is 0 Å². The third kappa shape index (κ3) is 6.08. The fraction of sp³-hybridized carbons (Fsp3) is 0.222. The Bertz CT molecular complexity index is 877. The normalized spacial score (nSPS) is 12.9. The average molecular weight is 435 g/mol. The highest BCUT2D eigenvalue weighted by molar-refractivity contribution is 7.80. The van der Waals surface area contributed by atoms with Crippen molar-refractivity contribution < 1.29 is 31.1 Å². The van der Waals surface area contributed by atoms with Crippen LogP contribution in [0.25, 0.3) is 0 Å². The van der Waals surface area contributed by atoms with Crippen LogP contribution in [0.15, 0.2) is 42.5 Å². The van der Waals surface area contributed by atoms with Crippen molar-refractivity contribution >= 4 is 28.9 Å². The maximum absolute atomic E-state index is 13.0. The second-order valence-electron chi connectivity index (χ2n) is 6.10. The zero-order valence-electron chi connectivity index (χ0n) is 14.8. The molecule has 0 aliphatic rings. The van der Waals surface area contributed by atoms with Gasteiger partial charge >= 0.3 is 12.4 Å². The largest absolute Gasteiger partial charge is 0.416 e. The van der Waals surface area contributed by atoms with Crippen molar-refractivity contribution in [2.24, 2.45) is 5.73 Å². The number of hydrogen-bond acceptors (Lipinski definition) is 2. The number of primary amides is 1. The molecule has 1 amide bonds. The van der Waals surface area contributed by atoms with Crippen LogP contribution in [0.5, 0.6) is 0 Å². The summed E-state index contributed by atoms with van der Waals surface area (Å²) in [7, 11) is 0. The van der Waals surface area contributed by atoms with E-state index in [1.165, 1.54) is 31.2 Å². The van der Waals surface area contributed by atoms with Gasteiger partial charge in [0, 0.05) is 11.3 Å². The average Bonchev–Trinajstić information content (AvgIpc) is 2.60. The standard InChI is InChI=1S/C18H15F6N3OS/c1-9(26-16(29)27-14-4-2-10(3-5-14)15(25)28)11-6-12(17(19,20)21)8-13(7-11)18(22,23)24/h2-9H,1H3,(H2,25,28)(H2,26,27,29)/t9-/m0/s1. The van der Waals surface area contributed by atoms with Crippen molar-refractivity contribution in [3.05, 3.63) is 64.7 Å². The summed E-state index contributed by atoms with van der Waals surface area (Å²) in [5, 5.41) is 5.32. The van der Waals surface area contributed by atoms with E-state index in [1.807, 2.05) is 0 Å². The zero-order valence-corrected chi connectivity index (χ0v) is 15.6. The molecule has 0 saturated heterocycles. The molecule has 1 atom stereocenters. The fourth-order valence-corrected chi connectivity index (χ4v) is 2.69. The Kier molecular flexibility index (Phi) is 6.41. The van der Waals surface area contributed by atoms with Crippen LogP contribution in [-0.2, 0) is 12.4 Å². The number of rotatable bonds is 4. The van der Waals surface area contributed by atoms with Crippen molar-refractivity contribution in [3.63, 3.8) is 0 Å². The molecule has 0 unspecified atom stereocenters. The molecule has 0 aliphatic carbocycles. The Hall–Kier alpha value is -2.82. The molecule has 0 aromatic heterocycles. The lowest BCUT2D eigenvalue weighted by atomic mass is 10.0. The molecular weight excluding hydrogens is 420 g/mol. The van der Waals surface area contributed by atoms with Crippen LogP contribution in [0.3, 0.4) is 0 Å². The number of nitrogens with two attached hydrogens (primary N) is 1. The fourth-order valence-electron chi connectivity index (χ4n) is 2.39. The van der Waals surface area contributed by atoms with E-state index in [0.717, 1.165) is 0 Å². The Balaban J connectivity index is 2.19. The highest BCUT2D eigenvalue weighted by atomic mass is 32.1. The molecule has 0 spiro atoms. The lowest BCUT2D eigenvalue weighted by Crippen LogP contribution is -2.31. The van der Waals surface area contributed by atoms with E-state index in [4.69, 9.17) is 18.0 Å². The summed E-state index contributed by atoms with van der Waals surface area (Å²) >= 11 is 5.05. The summed E-state index contributed by atoms with van der Waals surface area (Å²) in [6.07, 6.45) is -9.87. The van der Waals surface area contributed by atoms with Gasteiger partial charge in [0.05, 0.1) is 17.2 Å². The van der Waals surface area contributed by atoms with Gasteiger partial charge in [-0.2, -0.15) is 26.3 Å². The number of amides is 1. The highest BCUT2D eigenvalue weighted by Gasteiger charge is 2.37. The molecule has 2 aromatic rings. The van der Waals surface area contributed by atoms with Crippen LogP contribution < -0.4 is 16.4 Å². The molecule has 2 rings (SSSR count). The second-order valence-corrected chi connectivity index (χ2v) is 6.51. The van der Waals surface area contributed by atoms with Crippen LogP contribution in [0.4, 0.5) is 32.0 Å². The van der Waals surface area contributed by atoms with Crippen molar-refractivity contribution in [2.45, 2.75) is 25.3 Å². The number of hydrogen-bond donors (Lipinski definition) is 3. The summed E-state index contributed by atoms with van der Waals surface area (Å²) in [4.78, 5) is 11.0. The number of benzene rings is 2. The molecular formula is C18H15F6N3OS. The van der Waals surface area contributed by atoms with Crippen molar-refractivity contribution in [3.8, 4) is 0 Å². The number of thiocarbonyl (C=S) groups is 1. The molecule has 156 valence electrons. The predicted octanol–water partition coefficient (Wildman–Crippen LogP) is 4.87. The quantitative estimate of drug-likeness (QED) is 0.474. The van der Waals surface area contributed by atoms with Gasteiger partial charge in [-0.25, -0.2) is 0 Å². The van der Waals surface area contributed by atoms with E-state index in [-0.39, 0.29) is 22.3 Å². The number of halogens is 6. The lowest BCUT2D eigenvalue weighted by Gasteiger charge is -2.20. The smallest absolute Gasteiger partial charge is 0.366 e. The molecule has 0 bridgehead atoms. The van der Waals surface area contributed by atoms with Crippen molar-refractivity contribution in [2.75, 3.05) is 5.32 Å². The van der Waals surface area contributed by atoms with E-state index in [0.29, 0.717) is 17.8 Å². The maximum Gasteiger partial charge on any atom is 0.416 e. The van der Waals surface area contributed by atoms with E-state index in [9.17, 15) is 31.1 Å². The third-order valence-electron chi connectivity index (χ3n) is 3.88.